The summed E-state index contributed by atoms with van der Waals surface area (Å²) in [5.74, 6) is 0.170. The molecule has 3 aromatic rings. The predicted molar refractivity (Wildman–Crippen MR) is 110 cm³/mol. The van der Waals surface area contributed by atoms with Crippen molar-refractivity contribution in [1.29, 1.82) is 0 Å². The van der Waals surface area contributed by atoms with Crippen LogP contribution in [0.15, 0.2) is 53.3 Å². The Morgan fingerprint density at radius 3 is 2.66 bits per heavy atom. The maximum atomic E-state index is 13.6. The number of nitrogens with zero attached hydrogens (tertiary/aromatic N) is 2. The number of fused-ring (bicyclic) bond motifs is 1. The molecule has 1 saturated heterocycles. The molecule has 1 amide bonds. The smallest absolute Gasteiger partial charge is 0.260 e. The van der Waals surface area contributed by atoms with E-state index < -0.39 is 0 Å². The number of benzene rings is 2. The van der Waals surface area contributed by atoms with Crippen LogP contribution < -0.4 is 10.3 Å². The standard InChI is InChI=1S/C23H23FN2O3/c1-16-11-22(27)26(14-17-5-4-6-18(24)12-17)21-13-19(7-8-20(16)21)29-15-23(28)25-9-2-3-10-25/h4-8,11-13H,2-3,9-10,14-15H2,1H3. The zero-order chi connectivity index (χ0) is 20.4. The van der Waals surface area contributed by atoms with E-state index in [-0.39, 0.29) is 30.4 Å². The molecule has 0 saturated carbocycles. The molecule has 29 heavy (non-hydrogen) atoms. The minimum atomic E-state index is -0.337. The summed E-state index contributed by atoms with van der Waals surface area (Å²) in [6.45, 7) is 3.68. The van der Waals surface area contributed by atoms with Gasteiger partial charge in [-0.2, -0.15) is 0 Å². The Morgan fingerprint density at radius 2 is 1.90 bits per heavy atom. The van der Waals surface area contributed by atoms with Crippen molar-refractivity contribution in [2.75, 3.05) is 19.7 Å². The van der Waals surface area contributed by atoms with Crippen molar-refractivity contribution in [2.24, 2.45) is 0 Å². The molecule has 0 unspecified atom stereocenters. The Morgan fingerprint density at radius 1 is 1.10 bits per heavy atom. The Labute approximate surface area is 168 Å². The number of hydrogen-bond donors (Lipinski definition) is 0. The number of ether oxygens (including phenoxy) is 1. The maximum Gasteiger partial charge on any atom is 0.260 e. The van der Waals surface area contributed by atoms with Crippen LogP contribution in [-0.2, 0) is 11.3 Å². The van der Waals surface area contributed by atoms with Gasteiger partial charge in [-0.3, -0.25) is 9.59 Å². The van der Waals surface area contributed by atoms with Gasteiger partial charge < -0.3 is 14.2 Å². The summed E-state index contributed by atoms with van der Waals surface area (Å²) in [5, 5.41) is 0.916. The van der Waals surface area contributed by atoms with Gasteiger partial charge in [-0.25, -0.2) is 4.39 Å². The van der Waals surface area contributed by atoms with Crippen LogP contribution >= 0.6 is 0 Å². The molecule has 4 rings (SSSR count). The van der Waals surface area contributed by atoms with Crippen molar-refractivity contribution in [3.05, 3.63) is 75.8 Å². The Balaban J connectivity index is 1.64. The van der Waals surface area contributed by atoms with Crippen LogP contribution in [-0.4, -0.2) is 35.1 Å². The first kappa shape index (κ1) is 19.2. The molecule has 0 bridgehead atoms. The van der Waals surface area contributed by atoms with Gasteiger partial charge in [0.25, 0.3) is 11.5 Å². The Bertz CT molecular complexity index is 1120. The number of carbonyl (C=O) groups is 1. The predicted octanol–water partition coefficient (Wildman–Crippen LogP) is 3.50. The lowest BCUT2D eigenvalue weighted by atomic mass is 10.1. The third kappa shape index (κ3) is 4.16. The number of amides is 1. The molecule has 5 nitrogen and oxygen atoms in total. The van der Waals surface area contributed by atoms with Crippen LogP contribution in [0, 0.1) is 12.7 Å². The van der Waals surface area contributed by atoms with Gasteiger partial charge in [-0.15, -0.1) is 0 Å². The molecule has 1 aromatic heterocycles. The van der Waals surface area contributed by atoms with E-state index in [1.54, 1.807) is 28.8 Å². The van der Waals surface area contributed by atoms with Crippen LogP contribution in [0.1, 0.15) is 24.0 Å². The topological polar surface area (TPSA) is 51.5 Å². The van der Waals surface area contributed by atoms with E-state index in [4.69, 9.17) is 4.74 Å². The Hall–Kier alpha value is -3.15. The molecular formula is C23H23FN2O3. The zero-order valence-electron chi connectivity index (χ0n) is 16.4. The maximum absolute atomic E-state index is 13.6. The summed E-state index contributed by atoms with van der Waals surface area (Å²) in [4.78, 5) is 26.7. The highest BCUT2D eigenvalue weighted by molar-refractivity contribution is 5.84. The number of aryl methyl sites for hydroxylation is 1. The van der Waals surface area contributed by atoms with Crippen LogP contribution in [0.3, 0.4) is 0 Å². The van der Waals surface area contributed by atoms with Gasteiger partial charge >= 0.3 is 0 Å². The van der Waals surface area contributed by atoms with Gasteiger partial charge in [0.05, 0.1) is 12.1 Å². The minimum Gasteiger partial charge on any atom is -0.484 e. The normalized spacial score (nSPS) is 13.8. The highest BCUT2D eigenvalue weighted by atomic mass is 19.1. The second-order valence-electron chi connectivity index (χ2n) is 7.44. The van der Waals surface area contributed by atoms with E-state index in [1.807, 2.05) is 24.0 Å². The molecule has 0 aliphatic carbocycles. The third-order valence-electron chi connectivity index (χ3n) is 5.34. The summed E-state index contributed by atoms with van der Waals surface area (Å²) in [5.41, 5.74) is 2.10. The molecule has 0 atom stereocenters. The molecule has 0 spiro atoms. The van der Waals surface area contributed by atoms with E-state index in [2.05, 4.69) is 0 Å². The molecule has 0 N–H and O–H groups in total. The molecule has 1 aliphatic rings. The average molecular weight is 394 g/mol. The molecule has 6 heteroatoms. The summed E-state index contributed by atoms with van der Waals surface area (Å²) in [6.07, 6.45) is 2.07. The van der Waals surface area contributed by atoms with Gasteiger partial charge in [0.1, 0.15) is 11.6 Å². The SMILES string of the molecule is Cc1cc(=O)n(Cc2cccc(F)c2)c2cc(OCC(=O)N3CCCC3)ccc12. The van der Waals surface area contributed by atoms with E-state index in [9.17, 15) is 14.0 Å². The highest BCUT2D eigenvalue weighted by Crippen LogP contribution is 2.23. The molecule has 2 aromatic carbocycles. The first-order valence-corrected chi connectivity index (χ1v) is 9.80. The van der Waals surface area contributed by atoms with Crippen molar-refractivity contribution in [3.8, 4) is 5.75 Å². The van der Waals surface area contributed by atoms with Crippen LogP contribution in [0.25, 0.3) is 10.9 Å². The van der Waals surface area contributed by atoms with Crippen molar-refractivity contribution in [2.45, 2.75) is 26.3 Å². The lowest BCUT2D eigenvalue weighted by Crippen LogP contribution is -2.32. The second-order valence-corrected chi connectivity index (χ2v) is 7.44. The first-order valence-electron chi connectivity index (χ1n) is 9.80. The number of pyridine rings is 1. The number of rotatable bonds is 5. The third-order valence-corrected chi connectivity index (χ3v) is 5.34. The monoisotopic (exact) mass is 394 g/mol. The van der Waals surface area contributed by atoms with Crippen molar-refractivity contribution in [3.63, 3.8) is 0 Å². The van der Waals surface area contributed by atoms with Crippen molar-refractivity contribution in [1.82, 2.24) is 9.47 Å². The second kappa shape index (κ2) is 8.07. The first-order chi connectivity index (χ1) is 14.0. The molecule has 0 radical (unpaired) electrons. The minimum absolute atomic E-state index is 0.0224. The van der Waals surface area contributed by atoms with E-state index in [1.165, 1.54) is 12.1 Å². The van der Waals surface area contributed by atoms with E-state index in [0.29, 0.717) is 16.8 Å². The quantitative estimate of drug-likeness (QED) is 0.666. The number of aromatic nitrogens is 1. The summed E-state index contributed by atoms with van der Waals surface area (Å²) < 4.78 is 20.9. The number of halogens is 1. The van der Waals surface area contributed by atoms with Crippen LogP contribution in [0.4, 0.5) is 4.39 Å². The average Bonchev–Trinajstić information content (AvgIpc) is 3.24. The number of hydrogen-bond acceptors (Lipinski definition) is 3. The zero-order valence-corrected chi connectivity index (χ0v) is 16.4. The van der Waals surface area contributed by atoms with Gasteiger partial charge in [0.2, 0.25) is 0 Å². The summed E-state index contributed by atoms with van der Waals surface area (Å²) >= 11 is 0. The fraction of sp³-hybridized carbons (Fsp3) is 0.304. The molecular weight excluding hydrogens is 371 g/mol. The van der Waals surface area contributed by atoms with Gasteiger partial charge in [-0.05, 0) is 55.2 Å². The number of carbonyl (C=O) groups excluding carboxylic acids is 1. The Kier molecular flexibility index (Phi) is 5.34. The lowest BCUT2D eigenvalue weighted by Gasteiger charge is -2.17. The largest absolute Gasteiger partial charge is 0.484 e. The summed E-state index contributed by atoms with van der Waals surface area (Å²) in [7, 11) is 0. The van der Waals surface area contributed by atoms with E-state index in [0.717, 1.165) is 36.9 Å². The fourth-order valence-corrected chi connectivity index (χ4v) is 3.80. The van der Waals surface area contributed by atoms with E-state index >= 15 is 0 Å². The van der Waals surface area contributed by atoms with Crippen LogP contribution in [0.2, 0.25) is 0 Å². The van der Waals surface area contributed by atoms with Crippen molar-refractivity contribution >= 4 is 16.8 Å². The van der Waals surface area contributed by atoms with Crippen LogP contribution in [0.5, 0.6) is 5.75 Å². The number of likely N-dealkylation sites (tertiary alicyclic amines) is 1. The molecule has 1 fully saturated rings. The molecule has 1 aliphatic heterocycles. The summed E-state index contributed by atoms with van der Waals surface area (Å²) in [6, 6.07) is 13.3. The highest BCUT2D eigenvalue weighted by Gasteiger charge is 2.18. The van der Waals surface area contributed by atoms with Gasteiger partial charge in [0, 0.05) is 30.6 Å². The molecule has 2 heterocycles. The van der Waals surface area contributed by atoms with Gasteiger partial charge in [0.15, 0.2) is 6.61 Å². The molecule has 150 valence electrons. The van der Waals surface area contributed by atoms with Crippen molar-refractivity contribution < 1.29 is 13.9 Å². The lowest BCUT2D eigenvalue weighted by molar-refractivity contribution is -0.132. The van der Waals surface area contributed by atoms with Gasteiger partial charge in [-0.1, -0.05) is 12.1 Å². The fourth-order valence-electron chi connectivity index (χ4n) is 3.80.